The van der Waals surface area contributed by atoms with Crippen molar-refractivity contribution in [1.29, 1.82) is 0 Å². The van der Waals surface area contributed by atoms with Gasteiger partial charge in [-0.05, 0) is 95.0 Å². The average Bonchev–Trinajstić information content (AvgIpc) is 3.18. The molecule has 0 bridgehead atoms. The molecule has 3 rings (SSSR count). The van der Waals surface area contributed by atoms with E-state index < -0.39 is 36.6 Å². The van der Waals surface area contributed by atoms with E-state index in [2.05, 4.69) is 9.29 Å². The van der Waals surface area contributed by atoms with Gasteiger partial charge >= 0.3 is 0 Å². The number of aliphatic hydroxyl groups is 1. The number of hydrogen-bond donors (Lipinski definition) is 2. The van der Waals surface area contributed by atoms with Crippen molar-refractivity contribution >= 4 is 20.0 Å². The van der Waals surface area contributed by atoms with Gasteiger partial charge in [0.05, 0.1) is 10.5 Å². The van der Waals surface area contributed by atoms with Crippen molar-refractivity contribution in [3.63, 3.8) is 0 Å². The summed E-state index contributed by atoms with van der Waals surface area (Å²) in [5.41, 5.74) is 0.575. The first kappa shape index (κ1) is 34.8. The second-order valence-corrected chi connectivity index (χ2v) is 18.1. The van der Waals surface area contributed by atoms with E-state index in [0.717, 1.165) is 24.1 Å². The topological polar surface area (TPSA) is 109 Å². The summed E-state index contributed by atoms with van der Waals surface area (Å²) in [6.45, 7) is 19.4. The molecule has 1 aliphatic rings. The van der Waals surface area contributed by atoms with Gasteiger partial charge in [0.2, 0.25) is 20.0 Å². The van der Waals surface area contributed by atoms with Gasteiger partial charge in [0.15, 0.2) is 0 Å². The standard InChI is InChI=1S/C32H53N3O5S2/c1-11-35(31(6,7)8)42(39,40)28-18-17-25(19-26(28)30(3,4)5)27-20-29(41(37,38)33-22-32(9,10)36)23(2)34(27)21-24-15-13-12-14-16-24/h17-20,24,33,36H,11-16,21-22H2,1-10H3. The highest BCUT2D eigenvalue weighted by Crippen LogP contribution is 2.38. The van der Waals surface area contributed by atoms with Crippen LogP contribution in [0.25, 0.3) is 11.3 Å². The van der Waals surface area contributed by atoms with Crippen LogP contribution in [0.4, 0.5) is 0 Å². The van der Waals surface area contributed by atoms with Crippen LogP contribution in [0.2, 0.25) is 0 Å². The summed E-state index contributed by atoms with van der Waals surface area (Å²) in [5.74, 6) is 0.440. The van der Waals surface area contributed by atoms with Gasteiger partial charge in [0.1, 0.15) is 4.90 Å². The fourth-order valence-electron chi connectivity index (χ4n) is 5.97. The molecule has 0 atom stereocenters. The van der Waals surface area contributed by atoms with Crippen molar-refractivity contribution in [2.45, 2.75) is 134 Å². The van der Waals surface area contributed by atoms with Crippen LogP contribution in [-0.2, 0) is 32.0 Å². The van der Waals surface area contributed by atoms with Crippen molar-refractivity contribution in [2.24, 2.45) is 5.92 Å². The lowest BCUT2D eigenvalue weighted by atomic mass is 9.85. The lowest BCUT2D eigenvalue weighted by Gasteiger charge is -2.35. The summed E-state index contributed by atoms with van der Waals surface area (Å²) in [6.07, 6.45) is 5.76. The summed E-state index contributed by atoms with van der Waals surface area (Å²) < 4.78 is 61.2. The molecule has 0 saturated heterocycles. The third-order valence-electron chi connectivity index (χ3n) is 8.16. The summed E-state index contributed by atoms with van der Waals surface area (Å²) in [6, 6.07) is 7.13. The van der Waals surface area contributed by atoms with Crippen LogP contribution in [0, 0.1) is 12.8 Å². The Balaban J connectivity index is 2.24. The third-order valence-corrected chi connectivity index (χ3v) is 12.0. The van der Waals surface area contributed by atoms with Crippen molar-refractivity contribution in [3.8, 4) is 11.3 Å². The molecule has 0 unspecified atom stereocenters. The van der Waals surface area contributed by atoms with E-state index in [1.54, 1.807) is 26.0 Å². The maximum atomic E-state index is 14.0. The molecular weight excluding hydrogens is 571 g/mol. The molecule has 42 heavy (non-hydrogen) atoms. The van der Waals surface area contributed by atoms with Gasteiger partial charge in [0.25, 0.3) is 0 Å². The molecule has 1 saturated carbocycles. The van der Waals surface area contributed by atoms with Gasteiger partial charge in [-0.15, -0.1) is 0 Å². The van der Waals surface area contributed by atoms with Gasteiger partial charge < -0.3 is 9.67 Å². The van der Waals surface area contributed by atoms with Crippen LogP contribution in [0.5, 0.6) is 0 Å². The van der Waals surface area contributed by atoms with E-state index in [0.29, 0.717) is 30.3 Å². The molecule has 1 heterocycles. The fraction of sp³-hybridized carbons (Fsp3) is 0.688. The monoisotopic (exact) mass is 623 g/mol. The Hall–Kier alpha value is -1.72. The quantitative estimate of drug-likeness (QED) is 0.328. The van der Waals surface area contributed by atoms with Gasteiger partial charge in [0, 0.05) is 36.6 Å². The Kier molecular flexibility index (Phi) is 10.2. The normalized spacial score (nSPS) is 16.4. The van der Waals surface area contributed by atoms with Crippen molar-refractivity contribution in [3.05, 3.63) is 35.5 Å². The van der Waals surface area contributed by atoms with Crippen LogP contribution in [0.3, 0.4) is 0 Å². The molecule has 2 N–H and O–H groups in total. The molecule has 0 aliphatic heterocycles. The molecule has 238 valence electrons. The van der Waals surface area contributed by atoms with Crippen LogP contribution >= 0.6 is 0 Å². The molecule has 2 aromatic rings. The minimum Gasteiger partial charge on any atom is -0.389 e. The first-order valence-corrected chi connectivity index (χ1v) is 18.1. The van der Waals surface area contributed by atoms with Crippen LogP contribution in [0.15, 0.2) is 34.1 Å². The molecule has 1 aromatic carbocycles. The molecule has 10 heteroatoms. The predicted molar refractivity (Wildman–Crippen MR) is 171 cm³/mol. The van der Waals surface area contributed by atoms with E-state index in [9.17, 15) is 21.9 Å². The zero-order valence-corrected chi connectivity index (χ0v) is 29.0. The number of benzene rings is 1. The number of nitrogens with zero attached hydrogens (tertiary/aromatic N) is 2. The molecular formula is C32H53N3O5S2. The lowest BCUT2D eigenvalue weighted by molar-refractivity contribution is 0.0857. The second-order valence-electron chi connectivity index (χ2n) is 14.5. The van der Waals surface area contributed by atoms with Crippen LogP contribution in [-0.4, -0.2) is 55.0 Å². The van der Waals surface area contributed by atoms with Gasteiger partial charge in [-0.3, -0.25) is 0 Å². The van der Waals surface area contributed by atoms with Crippen LogP contribution < -0.4 is 4.72 Å². The molecule has 0 radical (unpaired) electrons. The first-order valence-electron chi connectivity index (χ1n) is 15.2. The molecule has 0 spiro atoms. The summed E-state index contributed by atoms with van der Waals surface area (Å²) in [7, 11) is -7.71. The highest BCUT2D eigenvalue weighted by atomic mass is 32.2. The highest BCUT2D eigenvalue weighted by molar-refractivity contribution is 7.89. The average molecular weight is 624 g/mol. The van der Waals surface area contributed by atoms with Crippen molar-refractivity contribution < 1.29 is 21.9 Å². The SMILES string of the molecule is CCN(C(C)(C)C)S(=O)(=O)c1ccc(-c2cc(S(=O)(=O)NCC(C)(C)O)c(C)n2CC2CCCCC2)cc1C(C)(C)C. The molecule has 0 amide bonds. The Labute approximate surface area is 255 Å². The largest absolute Gasteiger partial charge is 0.389 e. The van der Waals surface area contributed by atoms with Gasteiger partial charge in [-0.2, -0.15) is 4.31 Å². The van der Waals surface area contributed by atoms with E-state index in [4.69, 9.17) is 0 Å². The molecule has 1 fully saturated rings. The Bertz CT molecular complexity index is 1470. The summed E-state index contributed by atoms with van der Waals surface area (Å²) in [4.78, 5) is 0.453. The van der Waals surface area contributed by atoms with E-state index in [1.807, 2.05) is 67.5 Å². The molecule has 1 aromatic heterocycles. The first-order chi connectivity index (χ1) is 19.1. The fourth-order valence-corrected chi connectivity index (χ4v) is 9.61. The molecule has 8 nitrogen and oxygen atoms in total. The summed E-state index contributed by atoms with van der Waals surface area (Å²) >= 11 is 0. The number of sulfonamides is 2. The van der Waals surface area contributed by atoms with Crippen molar-refractivity contribution in [1.82, 2.24) is 13.6 Å². The van der Waals surface area contributed by atoms with E-state index >= 15 is 0 Å². The number of nitrogens with one attached hydrogen (secondary N) is 1. The maximum absolute atomic E-state index is 14.0. The zero-order valence-electron chi connectivity index (χ0n) is 27.3. The number of aromatic nitrogens is 1. The maximum Gasteiger partial charge on any atom is 0.243 e. The van der Waals surface area contributed by atoms with E-state index in [1.165, 1.54) is 23.6 Å². The third kappa shape index (κ3) is 7.86. The summed E-state index contributed by atoms with van der Waals surface area (Å²) in [5, 5.41) is 10.2. The molecule has 1 aliphatic carbocycles. The van der Waals surface area contributed by atoms with Crippen LogP contribution in [0.1, 0.15) is 106 Å². The van der Waals surface area contributed by atoms with Gasteiger partial charge in [-0.25, -0.2) is 21.6 Å². The van der Waals surface area contributed by atoms with Crippen molar-refractivity contribution in [2.75, 3.05) is 13.1 Å². The minimum absolute atomic E-state index is 0.111. The lowest BCUT2D eigenvalue weighted by Crippen LogP contribution is -2.45. The second kappa shape index (κ2) is 12.3. The van der Waals surface area contributed by atoms with E-state index in [-0.39, 0.29) is 16.3 Å². The number of hydrogen-bond acceptors (Lipinski definition) is 5. The highest BCUT2D eigenvalue weighted by Gasteiger charge is 2.36. The Morgan fingerprint density at radius 2 is 1.52 bits per heavy atom. The smallest absolute Gasteiger partial charge is 0.243 e. The Morgan fingerprint density at radius 3 is 2.02 bits per heavy atom. The Morgan fingerprint density at radius 1 is 0.929 bits per heavy atom. The minimum atomic E-state index is -3.91. The van der Waals surface area contributed by atoms with Gasteiger partial charge in [-0.1, -0.05) is 53.0 Å². The zero-order chi connectivity index (χ0) is 31.9. The number of rotatable bonds is 10. The predicted octanol–water partition coefficient (Wildman–Crippen LogP) is 6.20.